The van der Waals surface area contributed by atoms with Crippen molar-refractivity contribution < 1.29 is 36.7 Å². The third-order valence-corrected chi connectivity index (χ3v) is 8.53. The van der Waals surface area contributed by atoms with E-state index in [1.807, 2.05) is 13.8 Å². The van der Waals surface area contributed by atoms with Gasteiger partial charge in [-0.2, -0.15) is 0 Å². The third kappa shape index (κ3) is 12.0. The Kier molecular flexibility index (Phi) is 14.7. The highest BCUT2D eigenvalue weighted by atomic mass is 32.2. The highest BCUT2D eigenvalue weighted by Crippen LogP contribution is 2.18. The molecule has 0 saturated carbocycles. The second-order valence-corrected chi connectivity index (χ2v) is 13.8. The molecule has 3 amide bonds. The van der Waals surface area contributed by atoms with Crippen molar-refractivity contribution in [2.75, 3.05) is 46.5 Å². The van der Waals surface area contributed by atoms with Gasteiger partial charge in [0.15, 0.2) is 0 Å². The first-order valence-electron chi connectivity index (χ1n) is 15.3. The lowest BCUT2D eigenvalue weighted by atomic mass is 9.99. The number of amides is 3. The van der Waals surface area contributed by atoms with Gasteiger partial charge in [0.1, 0.15) is 11.6 Å². The average Bonchev–Trinajstić information content (AvgIpc) is 2.93. The minimum absolute atomic E-state index is 0.0439. The minimum Gasteiger partial charge on any atom is -0.390 e. The lowest BCUT2D eigenvalue weighted by Crippen LogP contribution is -2.52. The predicted octanol–water partition coefficient (Wildman–Crippen LogP) is 3.05. The molecule has 2 atom stereocenters. The van der Waals surface area contributed by atoms with E-state index in [9.17, 15) is 36.7 Å². The van der Waals surface area contributed by atoms with Gasteiger partial charge in [0, 0.05) is 63.5 Å². The highest BCUT2D eigenvalue weighted by molar-refractivity contribution is 7.89. The average molecular weight is 668 g/mol. The minimum atomic E-state index is -3.73. The van der Waals surface area contributed by atoms with Crippen molar-refractivity contribution in [3.05, 3.63) is 70.3 Å². The largest absolute Gasteiger partial charge is 0.390 e. The van der Waals surface area contributed by atoms with Gasteiger partial charge in [-0.25, -0.2) is 22.2 Å². The van der Waals surface area contributed by atoms with Gasteiger partial charge in [-0.15, -0.1) is 4.83 Å². The number of likely N-dealkylation sites (N-methyl/N-ethyl adjacent to an activating group) is 1. The zero-order chi connectivity index (χ0) is 34.8. The van der Waals surface area contributed by atoms with Crippen LogP contribution in [0.3, 0.4) is 0 Å². The van der Waals surface area contributed by atoms with Crippen molar-refractivity contribution in [2.45, 2.75) is 59.1 Å². The van der Waals surface area contributed by atoms with Crippen LogP contribution in [-0.2, 0) is 16.4 Å². The van der Waals surface area contributed by atoms with Crippen molar-refractivity contribution in [1.29, 1.82) is 0 Å². The first kappa shape index (κ1) is 38.7. The third-order valence-electron chi connectivity index (χ3n) is 6.84. The molecule has 0 aliphatic rings. The van der Waals surface area contributed by atoms with Crippen LogP contribution in [-0.4, -0.2) is 105 Å². The molecule has 0 bridgehead atoms. The Labute approximate surface area is 271 Å². The molecule has 2 aromatic rings. The number of hydrogen-bond acceptors (Lipinski definition) is 7. The Hall–Kier alpha value is -3.46. The maximum Gasteiger partial charge on any atom is 0.253 e. The van der Waals surface area contributed by atoms with Crippen LogP contribution in [0.4, 0.5) is 8.78 Å². The van der Waals surface area contributed by atoms with E-state index in [1.54, 1.807) is 18.7 Å². The smallest absolute Gasteiger partial charge is 0.253 e. The van der Waals surface area contributed by atoms with Gasteiger partial charge in [0.25, 0.3) is 17.7 Å². The van der Waals surface area contributed by atoms with E-state index in [0.717, 1.165) is 17.1 Å². The molecule has 14 heteroatoms. The number of hydrazine groups is 1. The maximum atomic E-state index is 14.0. The molecule has 0 fully saturated rings. The Morgan fingerprint density at radius 2 is 1.37 bits per heavy atom. The number of aliphatic hydroxyl groups is 1. The molecule has 2 unspecified atom stereocenters. The van der Waals surface area contributed by atoms with Gasteiger partial charge >= 0.3 is 0 Å². The number of carbonyl (C=O) groups is 3. The van der Waals surface area contributed by atoms with Crippen LogP contribution >= 0.6 is 0 Å². The first-order valence-corrected chi connectivity index (χ1v) is 16.9. The number of rotatable bonds is 17. The van der Waals surface area contributed by atoms with Gasteiger partial charge < -0.3 is 20.2 Å². The summed E-state index contributed by atoms with van der Waals surface area (Å²) in [6.07, 6.45) is -0.244. The summed E-state index contributed by atoms with van der Waals surface area (Å²) < 4.78 is 52.9. The normalized spacial score (nSPS) is 13.0. The quantitative estimate of drug-likeness (QED) is 0.221. The molecule has 46 heavy (non-hydrogen) atoms. The van der Waals surface area contributed by atoms with Crippen LogP contribution in [0.15, 0.2) is 36.4 Å². The molecular weight excluding hydrogens is 620 g/mol. The van der Waals surface area contributed by atoms with Crippen molar-refractivity contribution in [3.8, 4) is 0 Å². The van der Waals surface area contributed by atoms with Crippen LogP contribution in [0.2, 0.25) is 0 Å². The van der Waals surface area contributed by atoms with Crippen LogP contribution in [0, 0.1) is 17.6 Å². The fourth-order valence-electron chi connectivity index (χ4n) is 4.98. The zero-order valence-corrected chi connectivity index (χ0v) is 28.5. The summed E-state index contributed by atoms with van der Waals surface area (Å²) in [6.45, 7) is 8.00. The summed E-state index contributed by atoms with van der Waals surface area (Å²) in [4.78, 5) is 45.4. The number of nitrogens with zero attached hydrogens (tertiary/aromatic N) is 3. The van der Waals surface area contributed by atoms with Crippen LogP contribution < -0.4 is 10.1 Å². The van der Waals surface area contributed by atoms with E-state index in [2.05, 4.69) is 10.1 Å². The lowest BCUT2D eigenvalue weighted by Gasteiger charge is -2.28. The van der Waals surface area contributed by atoms with Gasteiger partial charge in [-0.3, -0.25) is 14.4 Å². The van der Waals surface area contributed by atoms with Crippen molar-refractivity contribution in [3.63, 3.8) is 0 Å². The van der Waals surface area contributed by atoms with E-state index >= 15 is 0 Å². The number of benzene rings is 2. The summed E-state index contributed by atoms with van der Waals surface area (Å²) in [5.74, 6) is -3.58. The summed E-state index contributed by atoms with van der Waals surface area (Å²) in [6, 6.07) is 5.77. The molecule has 0 aliphatic carbocycles. The molecule has 0 aromatic heterocycles. The van der Waals surface area contributed by atoms with Gasteiger partial charge in [-0.05, 0) is 61.1 Å². The van der Waals surface area contributed by atoms with Crippen LogP contribution in [0.1, 0.15) is 77.2 Å². The van der Waals surface area contributed by atoms with Crippen molar-refractivity contribution in [1.82, 2.24) is 25.0 Å². The molecule has 0 spiro atoms. The van der Waals surface area contributed by atoms with Crippen LogP contribution in [0.25, 0.3) is 0 Å². The summed E-state index contributed by atoms with van der Waals surface area (Å²) in [5, 5.41) is 15.0. The maximum absolute atomic E-state index is 14.0. The number of halogens is 2. The second-order valence-electron chi connectivity index (χ2n) is 12.1. The SMILES string of the molecule is CCCN(CCC)C(=O)c1cc(C(=O)NC(Cc2cc(F)cc(F)c2)C(O)CN(C)NS(=O)(=O)CC(C)C)cc(C(=O)N(C)C)c1. The van der Waals surface area contributed by atoms with Gasteiger partial charge in [-0.1, -0.05) is 27.7 Å². The Balaban J connectivity index is 2.49. The van der Waals surface area contributed by atoms with E-state index in [-0.39, 0.29) is 52.8 Å². The number of nitrogens with one attached hydrogen (secondary N) is 2. The zero-order valence-electron chi connectivity index (χ0n) is 27.6. The highest BCUT2D eigenvalue weighted by Gasteiger charge is 2.27. The van der Waals surface area contributed by atoms with Gasteiger partial charge in [0.2, 0.25) is 10.0 Å². The molecular formula is C32H47F2N5O6S. The molecule has 2 rings (SSSR count). The molecule has 0 heterocycles. The Morgan fingerprint density at radius 1 is 0.848 bits per heavy atom. The standard InChI is InChI=1S/C32H47F2N5O6S/c1-8-10-39(11-9-2)32(43)25-16-23(15-24(17-25)31(42)37(5)6)30(41)35-28(14-22-12-26(33)18-27(34)13-22)29(40)19-38(7)36-46(44,45)20-21(3)4/h12-13,15-18,21,28-29,36,40H,8-11,14,19-20H2,1-7H3,(H,35,41). The number of sulfonamides is 1. The fraction of sp³-hybridized carbons (Fsp3) is 0.531. The van der Waals surface area contributed by atoms with E-state index in [0.29, 0.717) is 32.0 Å². The summed E-state index contributed by atoms with van der Waals surface area (Å²) >= 11 is 0. The lowest BCUT2D eigenvalue weighted by molar-refractivity contribution is 0.0687. The molecule has 11 nitrogen and oxygen atoms in total. The molecule has 256 valence electrons. The Morgan fingerprint density at radius 3 is 1.87 bits per heavy atom. The monoisotopic (exact) mass is 667 g/mol. The molecule has 0 aliphatic heterocycles. The van der Waals surface area contributed by atoms with Crippen molar-refractivity contribution in [2.24, 2.45) is 5.92 Å². The molecule has 3 N–H and O–H groups in total. The van der Waals surface area contributed by atoms with Crippen LogP contribution in [0.5, 0.6) is 0 Å². The topological polar surface area (TPSA) is 139 Å². The summed E-state index contributed by atoms with van der Waals surface area (Å²) in [7, 11) is 0.738. The second kappa shape index (κ2) is 17.5. The first-order chi connectivity index (χ1) is 21.5. The Bertz CT molecular complexity index is 1440. The van der Waals surface area contributed by atoms with Crippen molar-refractivity contribution >= 4 is 27.7 Å². The van der Waals surface area contributed by atoms with E-state index < -0.39 is 45.6 Å². The molecule has 0 saturated heterocycles. The molecule has 2 aromatic carbocycles. The predicted molar refractivity (Wildman–Crippen MR) is 173 cm³/mol. The summed E-state index contributed by atoms with van der Waals surface area (Å²) in [5.41, 5.74) is 0.311. The van der Waals surface area contributed by atoms with E-state index in [1.165, 1.54) is 44.2 Å². The number of hydrogen-bond donors (Lipinski definition) is 3. The number of carbonyl (C=O) groups excluding carboxylic acids is 3. The van der Waals surface area contributed by atoms with Gasteiger partial charge in [0.05, 0.1) is 17.9 Å². The fourth-order valence-corrected chi connectivity index (χ4v) is 6.48. The molecule has 0 radical (unpaired) electrons. The number of aliphatic hydroxyl groups excluding tert-OH is 1. The van der Waals surface area contributed by atoms with E-state index in [4.69, 9.17) is 0 Å².